The zero-order valence-corrected chi connectivity index (χ0v) is 15.7. The predicted octanol–water partition coefficient (Wildman–Crippen LogP) is 2.87. The summed E-state index contributed by atoms with van der Waals surface area (Å²) >= 11 is 0. The molecule has 0 saturated carbocycles. The summed E-state index contributed by atoms with van der Waals surface area (Å²) in [5.74, 6) is -0.594. The average molecular weight is 392 g/mol. The molecule has 1 heterocycles. The first-order chi connectivity index (χ1) is 12.9. The van der Waals surface area contributed by atoms with Crippen molar-refractivity contribution in [2.75, 3.05) is 25.5 Å². The number of hydrogen-bond donors (Lipinski definition) is 1. The number of benzene rings is 2. The molecule has 0 unspecified atom stereocenters. The van der Waals surface area contributed by atoms with Crippen molar-refractivity contribution in [3.05, 3.63) is 54.3 Å². The molecule has 0 aromatic heterocycles. The van der Waals surface area contributed by atoms with Crippen molar-refractivity contribution < 1.29 is 22.3 Å². The van der Waals surface area contributed by atoms with Gasteiger partial charge in [-0.2, -0.15) is 4.31 Å². The Kier molecular flexibility index (Phi) is 5.76. The first kappa shape index (κ1) is 19.3. The van der Waals surface area contributed by atoms with E-state index < -0.39 is 15.8 Å². The highest BCUT2D eigenvalue weighted by Crippen LogP contribution is 2.26. The Morgan fingerprint density at radius 3 is 2.52 bits per heavy atom. The number of carbonyl (C=O) groups is 1. The van der Waals surface area contributed by atoms with Gasteiger partial charge in [0.2, 0.25) is 15.9 Å². The zero-order chi connectivity index (χ0) is 19.4. The number of rotatable bonds is 5. The number of halogens is 1. The van der Waals surface area contributed by atoms with Crippen molar-refractivity contribution in [1.82, 2.24) is 4.31 Å². The zero-order valence-electron chi connectivity index (χ0n) is 14.9. The van der Waals surface area contributed by atoms with Crippen LogP contribution < -0.4 is 10.1 Å². The highest BCUT2D eigenvalue weighted by Gasteiger charge is 2.33. The number of nitrogens with zero attached hydrogens (tertiary/aromatic N) is 1. The fourth-order valence-corrected chi connectivity index (χ4v) is 4.63. The van der Waals surface area contributed by atoms with E-state index in [-0.39, 0.29) is 29.8 Å². The second-order valence-corrected chi connectivity index (χ2v) is 8.24. The van der Waals surface area contributed by atoms with Gasteiger partial charge < -0.3 is 10.1 Å². The molecule has 1 fully saturated rings. The van der Waals surface area contributed by atoms with E-state index in [9.17, 15) is 17.6 Å². The summed E-state index contributed by atoms with van der Waals surface area (Å²) in [7, 11) is -2.35. The molecule has 1 N–H and O–H groups in total. The Hall–Kier alpha value is -2.45. The average Bonchev–Trinajstić information content (AvgIpc) is 2.68. The first-order valence-corrected chi connectivity index (χ1v) is 10.1. The summed E-state index contributed by atoms with van der Waals surface area (Å²) < 4.78 is 45.5. The number of anilines is 1. The highest BCUT2D eigenvalue weighted by atomic mass is 32.2. The van der Waals surface area contributed by atoms with E-state index in [1.807, 2.05) is 0 Å². The summed E-state index contributed by atoms with van der Waals surface area (Å²) in [5, 5.41) is 2.83. The lowest BCUT2D eigenvalue weighted by Crippen LogP contribution is -2.41. The normalized spacial score (nSPS) is 16.1. The molecule has 1 saturated heterocycles. The van der Waals surface area contributed by atoms with Crippen molar-refractivity contribution in [2.24, 2.45) is 5.92 Å². The van der Waals surface area contributed by atoms with Crippen LogP contribution >= 0.6 is 0 Å². The van der Waals surface area contributed by atoms with E-state index in [2.05, 4.69) is 5.32 Å². The fraction of sp³-hybridized carbons (Fsp3) is 0.316. The Morgan fingerprint density at radius 2 is 1.85 bits per heavy atom. The third-order valence-corrected chi connectivity index (χ3v) is 6.55. The fourth-order valence-electron chi connectivity index (χ4n) is 3.10. The smallest absolute Gasteiger partial charge is 0.245 e. The number of nitrogens with one attached hydrogen (secondary N) is 1. The number of amides is 1. The van der Waals surface area contributed by atoms with Crippen molar-refractivity contribution >= 4 is 21.6 Å². The van der Waals surface area contributed by atoms with Crippen molar-refractivity contribution in [1.29, 1.82) is 0 Å². The minimum Gasteiger partial charge on any atom is -0.497 e. The van der Waals surface area contributed by atoms with Gasteiger partial charge in [-0.15, -0.1) is 0 Å². The quantitative estimate of drug-likeness (QED) is 0.849. The van der Waals surface area contributed by atoms with Gasteiger partial charge in [-0.05, 0) is 37.1 Å². The maximum atomic E-state index is 13.9. The van der Waals surface area contributed by atoms with Gasteiger partial charge in [0, 0.05) is 30.8 Å². The monoisotopic (exact) mass is 392 g/mol. The summed E-state index contributed by atoms with van der Waals surface area (Å²) in [6.07, 6.45) is 0.757. The standard InChI is InChI=1S/C19H21FN2O4S/c1-26-16-6-4-5-15(13-16)21-19(23)14-9-11-22(12-10-14)27(24,25)18-8-3-2-7-17(18)20/h2-8,13-14H,9-12H2,1H3,(H,21,23). The van der Waals surface area contributed by atoms with Crippen LogP contribution in [0.2, 0.25) is 0 Å². The molecule has 2 aromatic rings. The Morgan fingerprint density at radius 1 is 1.15 bits per heavy atom. The summed E-state index contributed by atoms with van der Waals surface area (Å²) in [6, 6.07) is 12.4. The molecule has 27 heavy (non-hydrogen) atoms. The molecule has 0 spiro atoms. The lowest BCUT2D eigenvalue weighted by Gasteiger charge is -2.30. The summed E-state index contributed by atoms with van der Waals surface area (Å²) in [5.41, 5.74) is 0.626. The molecule has 144 valence electrons. The summed E-state index contributed by atoms with van der Waals surface area (Å²) in [6.45, 7) is 0.347. The van der Waals surface area contributed by atoms with E-state index in [0.717, 1.165) is 6.07 Å². The Labute approximate surface area is 158 Å². The largest absolute Gasteiger partial charge is 0.497 e. The third kappa shape index (κ3) is 4.28. The lowest BCUT2D eigenvalue weighted by molar-refractivity contribution is -0.120. The van der Waals surface area contributed by atoms with Crippen molar-refractivity contribution in [3.63, 3.8) is 0 Å². The number of carbonyl (C=O) groups excluding carboxylic acids is 1. The highest BCUT2D eigenvalue weighted by molar-refractivity contribution is 7.89. The van der Waals surface area contributed by atoms with Crippen LogP contribution in [0.3, 0.4) is 0 Å². The van der Waals surface area contributed by atoms with Crippen molar-refractivity contribution in [3.8, 4) is 5.75 Å². The van der Waals surface area contributed by atoms with Gasteiger partial charge in [-0.1, -0.05) is 18.2 Å². The molecule has 0 aliphatic carbocycles. The van der Waals surface area contributed by atoms with Crippen LogP contribution in [0.4, 0.5) is 10.1 Å². The van der Waals surface area contributed by atoms with Crippen LogP contribution in [0, 0.1) is 11.7 Å². The van der Waals surface area contributed by atoms with Gasteiger partial charge >= 0.3 is 0 Å². The molecule has 1 aliphatic heterocycles. The Bertz CT molecular complexity index is 925. The topological polar surface area (TPSA) is 75.7 Å². The molecule has 8 heteroatoms. The summed E-state index contributed by atoms with van der Waals surface area (Å²) in [4.78, 5) is 12.1. The second kappa shape index (κ2) is 8.06. The van der Waals surface area contributed by atoms with Crippen LogP contribution in [0.5, 0.6) is 5.75 Å². The van der Waals surface area contributed by atoms with Gasteiger partial charge in [-0.3, -0.25) is 4.79 Å². The molecular weight excluding hydrogens is 371 g/mol. The molecular formula is C19H21FN2O4S. The minimum absolute atomic E-state index is 0.161. The molecule has 0 atom stereocenters. The molecule has 1 aliphatic rings. The van der Waals surface area contributed by atoms with E-state index in [1.54, 1.807) is 31.4 Å². The first-order valence-electron chi connectivity index (χ1n) is 8.61. The van der Waals surface area contributed by atoms with Crippen LogP contribution in [0.25, 0.3) is 0 Å². The van der Waals surface area contributed by atoms with Gasteiger partial charge in [0.1, 0.15) is 16.5 Å². The number of ether oxygens (including phenoxy) is 1. The maximum Gasteiger partial charge on any atom is 0.245 e. The van der Waals surface area contributed by atoms with Crippen LogP contribution in [-0.4, -0.2) is 38.8 Å². The SMILES string of the molecule is COc1cccc(NC(=O)C2CCN(S(=O)(=O)c3ccccc3F)CC2)c1. The molecule has 6 nitrogen and oxygen atoms in total. The number of hydrogen-bond acceptors (Lipinski definition) is 4. The van der Waals surface area contributed by atoms with Crippen molar-refractivity contribution in [2.45, 2.75) is 17.7 Å². The van der Waals surface area contributed by atoms with Crippen LogP contribution in [-0.2, 0) is 14.8 Å². The molecule has 3 rings (SSSR count). The molecule has 0 bridgehead atoms. The molecule has 0 radical (unpaired) electrons. The maximum absolute atomic E-state index is 13.9. The number of piperidine rings is 1. The van der Waals surface area contributed by atoms with Crippen LogP contribution in [0.15, 0.2) is 53.4 Å². The third-order valence-electron chi connectivity index (χ3n) is 4.62. The Balaban J connectivity index is 1.63. The predicted molar refractivity (Wildman–Crippen MR) is 99.5 cm³/mol. The van der Waals surface area contributed by atoms with Gasteiger partial charge in [-0.25, -0.2) is 12.8 Å². The molecule has 1 amide bonds. The van der Waals surface area contributed by atoms with E-state index in [1.165, 1.54) is 22.5 Å². The van der Waals surface area contributed by atoms with E-state index in [0.29, 0.717) is 24.3 Å². The number of methoxy groups -OCH3 is 1. The van der Waals surface area contributed by atoms with Gasteiger partial charge in [0.05, 0.1) is 7.11 Å². The minimum atomic E-state index is -3.90. The van der Waals surface area contributed by atoms with E-state index in [4.69, 9.17) is 4.74 Å². The lowest BCUT2D eigenvalue weighted by atomic mass is 9.97. The second-order valence-electron chi connectivity index (χ2n) is 6.33. The van der Waals surface area contributed by atoms with Crippen LogP contribution in [0.1, 0.15) is 12.8 Å². The van der Waals surface area contributed by atoms with Gasteiger partial charge in [0.15, 0.2) is 0 Å². The van der Waals surface area contributed by atoms with Gasteiger partial charge in [0.25, 0.3) is 0 Å². The molecule has 2 aromatic carbocycles. The number of sulfonamides is 1. The van der Waals surface area contributed by atoms with E-state index >= 15 is 0 Å².